The second-order valence-corrected chi connectivity index (χ2v) is 7.67. The monoisotopic (exact) mass is 351 g/mol. The van der Waals surface area contributed by atoms with Crippen molar-refractivity contribution in [3.8, 4) is 11.1 Å². The van der Waals surface area contributed by atoms with Crippen LogP contribution < -0.4 is 0 Å². The quantitative estimate of drug-likeness (QED) is 0.765. The minimum atomic E-state index is -0.555. The number of nitrogens with zero attached hydrogens (tertiary/aromatic N) is 1. The highest BCUT2D eigenvalue weighted by molar-refractivity contribution is 5.82. The number of rotatable bonds is 2. The fraction of sp³-hybridized carbons (Fsp3) is 0.364. The average molecular weight is 351 g/mol. The molecule has 0 spiro atoms. The molecule has 0 aromatic heterocycles. The van der Waals surface area contributed by atoms with Gasteiger partial charge in [0.25, 0.3) is 0 Å². The number of likely N-dealkylation sites (tertiary alicyclic amines) is 1. The Hall–Kier alpha value is -2.62. The minimum Gasteiger partial charge on any atom is -0.444 e. The third kappa shape index (κ3) is 4.31. The molecule has 0 N–H and O–H groups in total. The zero-order valence-electron chi connectivity index (χ0n) is 15.6. The molecule has 2 aromatic rings. The maximum atomic E-state index is 12.6. The van der Waals surface area contributed by atoms with Crippen LogP contribution in [0.25, 0.3) is 11.1 Å². The zero-order valence-corrected chi connectivity index (χ0v) is 15.6. The molecule has 136 valence electrons. The maximum absolute atomic E-state index is 12.6. The van der Waals surface area contributed by atoms with Crippen LogP contribution in [0, 0.1) is 0 Å². The van der Waals surface area contributed by atoms with Crippen LogP contribution in [0.3, 0.4) is 0 Å². The first-order valence-corrected chi connectivity index (χ1v) is 9.00. The number of benzene rings is 2. The zero-order chi connectivity index (χ0) is 18.7. The molecule has 2 aromatic carbocycles. The van der Waals surface area contributed by atoms with E-state index in [1.54, 1.807) is 4.90 Å². The number of ketones is 1. The van der Waals surface area contributed by atoms with Gasteiger partial charge in [0.2, 0.25) is 0 Å². The lowest BCUT2D eigenvalue weighted by molar-refractivity contribution is -0.123. The summed E-state index contributed by atoms with van der Waals surface area (Å²) in [5, 5.41) is 0. The van der Waals surface area contributed by atoms with Crippen molar-refractivity contribution in [2.45, 2.75) is 45.3 Å². The molecule has 26 heavy (non-hydrogen) atoms. The standard InChI is InChI=1S/C22H25NO3/c1-22(2,3)26-21(25)23-14-13-19(24)15-20(23)18-11-9-17(10-12-18)16-7-5-4-6-8-16/h4-12,20H,13-15H2,1-3H3. The van der Waals surface area contributed by atoms with Gasteiger partial charge >= 0.3 is 6.09 Å². The van der Waals surface area contributed by atoms with Crippen molar-refractivity contribution in [3.05, 3.63) is 60.2 Å². The first-order valence-electron chi connectivity index (χ1n) is 9.00. The van der Waals surface area contributed by atoms with Gasteiger partial charge in [0.05, 0.1) is 6.04 Å². The van der Waals surface area contributed by atoms with E-state index in [2.05, 4.69) is 12.1 Å². The fourth-order valence-electron chi connectivity index (χ4n) is 3.19. The molecule has 0 aliphatic carbocycles. The average Bonchev–Trinajstić information content (AvgIpc) is 2.61. The summed E-state index contributed by atoms with van der Waals surface area (Å²) >= 11 is 0. The summed E-state index contributed by atoms with van der Waals surface area (Å²) in [6.07, 6.45) is 0.365. The number of piperidine rings is 1. The molecule has 1 fully saturated rings. The van der Waals surface area contributed by atoms with Crippen LogP contribution in [0.5, 0.6) is 0 Å². The lowest BCUT2D eigenvalue weighted by atomic mass is 9.93. The molecule has 1 atom stereocenters. The van der Waals surface area contributed by atoms with Crippen LogP contribution in [-0.2, 0) is 9.53 Å². The highest BCUT2D eigenvalue weighted by atomic mass is 16.6. The molecular formula is C22H25NO3. The SMILES string of the molecule is CC(C)(C)OC(=O)N1CCC(=O)CC1c1ccc(-c2ccccc2)cc1. The Morgan fingerprint density at radius 2 is 1.62 bits per heavy atom. The Labute approximate surface area is 154 Å². The highest BCUT2D eigenvalue weighted by Crippen LogP contribution is 2.32. The number of Topliss-reactive ketones (excluding diaryl/α,β-unsaturated/α-hetero) is 1. The van der Waals surface area contributed by atoms with Crippen LogP contribution in [0.15, 0.2) is 54.6 Å². The van der Waals surface area contributed by atoms with E-state index in [0.717, 1.165) is 16.7 Å². The number of amides is 1. The van der Waals surface area contributed by atoms with E-state index in [1.165, 1.54) is 0 Å². The maximum Gasteiger partial charge on any atom is 0.410 e. The first-order chi connectivity index (χ1) is 12.3. The number of ether oxygens (including phenoxy) is 1. The summed E-state index contributed by atoms with van der Waals surface area (Å²) in [5.41, 5.74) is 2.66. The first kappa shape index (κ1) is 18.2. The summed E-state index contributed by atoms with van der Waals surface area (Å²) < 4.78 is 5.53. The van der Waals surface area contributed by atoms with Crippen LogP contribution in [0.4, 0.5) is 4.79 Å². The minimum absolute atomic E-state index is 0.182. The second-order valence-electron chi connectivity index (χ2n) is 7.67. The van der Waals surface area contributed by atoms with Gasteiger partial charge in [0, 0.05) is 19.4 Å². The number of carbonyl (C=O) groups is 2. The molecule has 0 radical (unpaired) electrons. The van der Waals surface area contributed by atoms with Crippen molar-refractivity contribution in [1.29, 1.82) is 0 Å². The van der Waals surface area contributed by atoms with Crippen molar-refractivity contribution in [2.75, 3.05) is 6.54 Å². The van der Waals surface area contributed by atoms with Gasteiger partial charge in [0.15, 0.2) is 0 Å². The van der Waals surface area contributed by atoms with Gasteiger partial charge in [0.1, 0.15) is 11.4 Å². The van der Waals surface area contributed by atoms with Gasteiger partial charge < -0.3 is 9.64 Å². The molecule has 4 heteroatoms. The van der Waals surface area contributed by atoms with Crippen molar-refractivity contribution in [1.82, 2.24) is 4.90 Å². The number of hydrogen-bond acceptors (Lipinski definition) is 3. The predicted molar refractivity (Wildman–Crippen MR) is 102 cm³/mol. The van der Waals surface area contributed by atoms with Gasteiger partial charge in [-0.15, -0.1) is 0 Å². The Balaban J connectivity index is 1.84. The summed E-state index contributed by atoms with van der Waals surface area (Å²) in [4.78, 5) is 26.3. The molecule has 3 rings (SSSR count). The molecule has 0 saturated carbocycles. The smallest absolute Gasteiger partial charge is 0.410 e. The Kier molecular flexibility index (Phi) is 5.12. The summed E-state index contributed by atoms with van der Waals surface area (Å²) in [7, 11) is 0. The van der Waals surface area contributed by atoms with E-state index < -0.39 is 5.60 Å². The number of carbonyl (C=O) groups excluding carboxylic acids is 2. The van der Waals surface area contributed by atoms with E-state index in [9.17, 15) is 9.59 Å². The van der Waals surface area contributed by atoms with Gasteiger partial charge in [-0.3, -0.25) is 4.79 Å². The van der Waals surface area contributed by atoms with Crippen LogP contribution in [-0.4, -0.2) is 28.9 Å². The Morgan fingerprint density at radius 1 is 1.00 bits per heavy atom. The van der Waals surface area contributed by atoms with E-state index in [-0.39, 0.29) is 17.9 Å². The van der Waals surface area contributed by atoms with E-state index in [0.29, 0.717) is 19.4 Å². The molecule has 1 aliphatic rings. The van der Waals surface area contributed by atoms with Gasteiger partial charge in [-0.2, -0.15) is 0 Å². The topological polar surface area (TPSA) is 46.6 Å². The summed E-state index contributed by atoms with van der Waals surface area (Å²) in [5.74, 6) is 0.182. The molecule has 1 saturated heterocycles. The molecule has 1 heterocycles. The van der Waals surface area contributed by atoms with Crippen LogP contribution in [0.2, 0.25) is 0 Å². The molecule has 4 nitrogen and oxygen atoms in total. The largest absolute Gasteiger partial charge is 0.444 e. The Bertz CT molecular complexity index is 775. The summed E-state index contributed by atoms with van der Waals surface area (Å²) in [6, 6.07) is 17.9. The molecular weight excluding hydrogens is 326 g/mol. The van der Waals surface area contributed by atoms with Crippen molar-refractivity contribution in [3.63, 3.8) is 0 Å². The van der Waals surface area contributed by atoms with Gasteiger partial charge in [-0.05, 0) is 37.5 Å². The van der Waals surface area contributed by atoms with Gasteiger partial charge in [-0.25, -0.2) is 4.79 Å². The van der Waals surface area contributed by atoms with E-state index in [4.69, 9.17) is 4.74 Å². The highest BCUT2D eigenvalue weighted by Gasteiger charge is 2.34. The third-order valence-electron chi connectivity index (χ3n) is 4.46. The van der Waals surface area contributed by atoms with Crippen LogP contribution in [0.1, 0.15) is 45.2 Å². The van der Waals surface area contributed by atoms with Crippen molar-refractivity contribution >= 4 is 11.9 Å². The molecule has 1 amide bonds. The van der Waals surface area contributed by atoms with Crippen molar-refractivity contribution < 1.29 is 14.3 Å². The summed E-state index contributed by atoms with van der Waals surface area (Å²) in [6.45, 7) is 5.95. The normalized spacial score (nSPS) is 17.9. The fourth-order valence-corrected chi connectivity index (χ4v) is 3.19. The lowest BCUT2D eigenvalue weighted by Gasteiger charge is -2.36. The third-order valence-corrected chi connectivity index (χ3v) is 4.46. The Morgan fingerprint density at radius 3 is 2.23 bits per heavy atom. The predicted octanol–water partition coefficient (Wildman–Crippen LogP) is 4.99. The second kappa shape index (κ2) is 7.32. The van der Waals surface area contributed by atoms with Crippen molar-refractivity contribution in [2.24, 2.45) is 0 Å². The molecule has 0 bridgehead atoms. The number of hydrogen-bond donors (Lipinski definition) is 0. The molecule has 1 aliphatic heterocycles. The van der Waals surface area contributed by atoms with E-state index >= 15 is 0 Å². The molecule has 1 unspecified atom stereocenters. The van der Waals surface area contributed by atoms with Crippen LogP contribution >= 0.6 is 0 Å². The van der Waals surface area contributed by atoms with Gasteiger partial charge in [-0.1, -0.05) is 54.6 Å². The lowest BCUT2D eigenvalue weighted by Crippen LogP contribution is -2.43. The van der Waals surface area contributed by atoms with E-state index in [1.807, 2.05) is 63.2 Å².